The molecule has 0 saturated carbocycles. The van der Waals surface area contributed by atoms with Crippen LogP contribution in [0.5, 0.6) is 5.75 Å². The third-order valence-corrected chi connectivity index (χ3v) is 2.70. The van der Waals surface area contributed by atoms with Crippen LogP contribution >= 0.6 is 27.5 Å². The molecule has 1 unspecified atom stereocenters. The number of nitrogens with one attached hydrogen (secondary N) is 1. The smallest absolute Gasteiger partial charge is 0.175 e. The van der Waals surface area contributed by atoms with Gasteiger partial charge in [-0.25, -0.2) is 0 Å². The van der Waals surface area contributed by atoms with E-state index < -0.39 is 0 Å². The van der Waals surface area contributed by atoms with Gasteiger partial charge in [0, 0.05) is 5.02 Å². The lowest BCUT2D eigenvalue weighted by Crippen LogP contribution is -2.29. The molecule has 0 radical (unpaired) electrons. The number of halogens is 2. The average Bonchev–Trinajstić information content (AvgIpc) is 2.62. The van der Waals surface area contributed by atoms with E-state index in [4.69, 9.17) is 21.1 Å². The molecular formula is C9H9BrClNO2. The van der Waals surface area contributed by atoms with E-state index in [1.165, 1.54) is 0 Å². The van der Waals surface area contributed by atoms with E-state index in [0.717, 1.165) is 10.2 Å². The van der Waals surface area contributed by atoms with Gasteiger partial charge in [-0.15, -0.1) is 0 Å². The molecule has 76 valence electrons. The van der Waals surface area contributed by atoms with E-state index in [2.05, 4.69) is 21.2 Å². The van der Waals surface area contributed by atoms with Gasteiger partial charge in [0.2, 0.25) is 0 Å². The molecule has 2 rings (SSSR count). The zero-order chi connectivity index (χ0) is 9.97. The van der Waals surface area contributed by atoms with Crippen LogP contribution in [0.2, 0.25) is 5.02 Å². The largest absolute Gasteiger partial charge is 0.472 e. The maximum absolute atomic E-state index is 5.81. The fraction of sp³-hybridized carbons (Fsp3) is 0.333. The molecule has 3 nitrogen and oxygen atoms in total. The molecular weight excluding hydrogens is 269 g/mol. The van der Waals surface area contributed by atoms with E-state index in [-0.39, 0.29) is 6.23 Å². The van der Waals surface area contributed by atoms with Crippen LogP contribution in [-0.4, -0.2) is 19.6 Å². The van der Waals surface area contributed by atoms with Crippen molar-refractivity contribution in [1.29, 1.82) is 0 Å². The lowest BCUT2D eigenvalue weighted by Gasteiger charge is -2.13. The van der Waals surface area contributed by atoms with E-state index >= 15 is 0 Å². The average molecular weight is 279 g/mol. The highest BCUT2D eigenvalue weighted by atomic mass is 79.9. The van der Waals surface area contributed by atoms with Crippen molar-refractivity contribution in [3.63, 3.8) is 0 Å². The first-order valence-electron chi connectivity index (χ1n) is 4.18. The van der Waals surface area contributed by atoms with Gasteiger partial charge in [0.05, 0.1) is 17.8 Å². The molecule has 1 aromatic rings. The number of hydrogen-bond donors (Lipinski definition) is 1. The topological polar surface area (TPSA) is 30.5 Å². The molecule has 0 bridgehead atoms. The summed E-state index contributed by atoms with van der Waals surface area (Å²) in [6.45, 7) is 1.10. The van der Waals surface area contributed by atoms with Crippen LogP contribution in [0.15, 0.2) is 22.7 Å². The zero-order valence-electron chi connectivity index (χ0n) is 7.30. The van der Waals surface area contributed by atoms with Crippen molar-refractivity contribution in [1.82, 2.24) is 5.32 Å². The van der Waals surface area contributed by atoms with Gasteiger partial charge in [-0.05, 0) is 34.1 Å². The second-order valence-corrected chi connectivity index (χ2v) is 4.19. The number of rotatable bonds is 2. The van der Waals surface area contributed by atoms with E-state index in [0.29, 0.717) is 18.4 Å². The normalized spacial score (nSPS) is 21.1. The summed E-state index contributed by atoms with van der Waals surface area (Å²) in [5.41, 5.74) is 0. The highest BCUT2D eigenvalue weighted by Gasteiger charge is 2.16. The fourth-order valence-electron chi connectivity index (χ4n) is 1.18. The van der Waals surface area contributed by atoms with Gasteiger partial charge in [-0.1, -0.05) is 11.6 Å². The Labute approximate surface area is 95.5 Å². The summed E-state index contributed by atoms with van der Waals surface area (Å²) >= 11 is 9.18. The third kappa shape index (κ3) is 2.39. The SMILES string of the molecule is Clc1ccc(OC2COCN2)c(Br)c1. The van der Waals surface area contributed by atoms with Crippen LogP contribution < -0.4 is 10.1 Å². The molecule has 1 aliphatic rings. The molecule has 0 aromatic heterocycles. The van der Waals surface area contributed by atoms with E-state index in [1.54, 1.807) is 12.1 Å². The Morgan fingerprint density at radius 2 is 2.43 bits per heavy atom. The minimum Gasteiger partial charge on any atom is -0.472 e. The minimum absolute atomic E-state index is 0.0764. The summed E-state index contributed by atoms with van der Waals surface area (Å²) in [7, 11) is 0. The van der Waals surface area contributed by atoms with Gasteiger partial charge in [0.25, 0.3) is 0 Å². The summed E-state index contributed by atoms with van der Waals surface area (Å²) in [4.78, 5) is 0. The van der Waals surface area contributed by atoms with Gasteiger partial charge < -0.3 is 9.47 Å². The van der Waals surface area contributed by atoms with Crippen molar-refractivity contribution in [3.05, 3.63) is 27.7 Å². The first-order valence-corrected chi connectivity index (χ1v) is 5.35. The number of hydrogen-bond acceptors (Lipinski definition) is 3. The molecule has 0 amide bonds. The number of benzene rings is 1. The molecule has 14 heavy (non-hydrogen) atoms. The van der Waals surface area contributed by atoms with Crippen LogP contribution in [-0.2, 0) is 4.74 Å². The summed E-state index contributed by atoms with van der Waals surface area (Å²) < 4.78 is 11.6. The minimum atomic E-state index is -0.0764. The standard InChI is InChI=1S/C9H9BrClNO2/c10-7-3-6(11)1-2-8(7)14-9-4-13-5-12-9/h1-3,9,12H,4-5H2. The summed E-state index contributed by atoms with van der Waals surface area (Å²) in [5, 5.41) is 3.73. The van der Waals surface area contributed by atoms with Crippen molar-refractivity contribution >= 4 is 27.5 Å². The first-order chi connectivity index (χ1) is 6.75. The molecule has 1 aliphatic heterocycles. The molecule has 5 heteroatoms. The predicted octanol–water partition coefficient (Wildman–Crippen LogP) is 2.38. The maximum Gasteiger partial charge on any atom is 0.175 e. The Kier molecular flexibility index (Phi) is 3.28. The Hall–Kier alpha value is -0.290. The van der Waals surface area contributed by atoms with Crippen LogP contribution in [0.1, 0.15) is 0 Å². The molecule has 0 spiro atoms. The molecule has 1 aromatic carbocycles. The third-order valence-electron chi connectivity index (χ3n) is 1.85. The Bertz CT molecular complexity index is 329. The van der Waals surface area contributed by atoms with Gasteiger partial charge in [-0.3, -0.25) is 5.32 Å². The Balaban J connectivity index is 2.08. The Morgan fingerprint density at radius 3 is 3.07 bits per heavy atom. The molecule has 0 aliphatic carbocycles. The summed E-state index contributed by atoms with van der Waals surface area (Å²) in [6.07, 6.45) is -0.0764. The lowest BCUT2D eigenvalue weighted by atomic mass is 10.3. The molecule has 1 atom stereocenters. The second-order valence-electron chi connectivity index (χ2n) is 2.90. The molecule has 1 saturated heterocycles. The van der Waals surface area contributed by atoms with Crippen LogP contribution in [0.25, 0.3) is 0 Å². The Morgan fingerprint density at radius 1 is 1.57 bits per heavy atom. The molecule has 1 fully saturated rings. The first kappa shape index (κ1) is 10.2. The van der Waals surface area contributed by atoms with Crippen LogP contribution in [0.4, 0.5) is 0 Å². The summed E-state index contributed by atoms with van der Waals surface area (Å²) in [6, 6.07) is 5.41. The van der Waals surface area contributed by atoms with Crippen LogP contribution in [0, 0.1) is 0 Å². The zero-order valence-corrected chi connectivity index (χ0v) is 9.64. The monoisotopic (exact) mass is 277 g/mol. The van der Waals surface area contributed by atoms with Crippen LogP contribution in [0.3, 0.4) is 0 Å². The highest BCUT2D eigenvalue weighted by molar-refractivity contribution is 9.10. The van der Waals surface area contributed by atoms with Gasteiger partial charge >= 0.3 is 0 Å². The predicted molar refractivity (Wildman–Crippen MR) is 57.5 cm³/mol. The highest BCUT2D eigenvalue weighted by Crippen LogP contribution is 2.28. The quantitative estimate of drug-likeness (QED) is 0.901. The maximum atomic E-state index is 5.81. The van der Waals surface area contributed by atoms with Gasteiger partial charge in [0.1, 0.15) is 5.75 Å². The molecule has 1 N–H and O–H groups in total. The second kappa shape index (κ2) is 4.49. The lowest BCUT2D eigenvalue weighted by molar-refractivity contribution is 0.139. The van der Waals surface area contributed by atoms with Gasteiger partial charge in [0.15, 0.2) is 6.23 Å². The van der Waals surface area contributed by atoms with Crippen molar-refractivity contribution in [2.75, 3.05) is 13.3 Å². The number of ether oxygens (including phenoxy) is 2. The molecule has 1 heterocycles. The van der Waals surface area contributed by atoms with E-state index in [1.807, 2.05) is 6.07 Å². The van der Waals surface area contributed by atoms with Crippen molar-refractivity contribution in [2.45, 2.75) is 6.23 Å². The van der Waals surface area contributed by atoms with Crippen molar-refractivity contribution < 1.29 is 9.47 Å². The van der Waals surface area contributed by atoms with E-state index in [9.17, 15) is 0 Å². The fourth-order valence-corrected chi connectivity index (χ4v) is 1.95. The van der Waals surface area contributed by atoms with Crippen molar-refractivity contribution in [2.24, 2.45) is 0 Å². The van der Waals surface area contributed by atoms with Gasteiger partial charge in [-0.2, -0.15) is 0 Å². The summed E-state index contributed by atoms with van der Waals surface area (Å²) in [5.74, 6) is 0.761. The van der Waals surface area contributed by atoms with Crippen molar-refractivity contribution in [3.8, 4) is 5.75 Å².